The molecule has 2 nitrogen and oxygen atoms in total. The van der Waals surface area contributed by atoms with Gasteiger partial charge in [-0.15, -0.1) is 0 Å². The van der Waals surface area contributed by atoms with Crippen molar-refractivity contribution in [2.24, 2.45) is 5.73 Å². The van der Waals surface area contributed by atoms with Crippen LogP contribution in [0.3, 0.4) is 0 Å². The van der Waals surface area contributed by atoms with Crippen LogP contribution in [0.1, 0.15) is 18.9 Å². The minimum absolute atomic E-state index is 0.106. The molecule has 1 rings (SSSR count). The molecular formula is C11H15NOS. The highest BCUT2D eigenvalue weighted by Crippen LogP contribution is 2.05. The van der Waals surface area contributed by atoms with E-state index in [1.165, 1.54) is 0 Å². The van der Waals surface area contributed by atoms with Crippen molar-refractivity contribution in [2.45, 2.75) is 26.1 Å². The molecule has 1 aromatic rings. The third-order valence-corrected chi connectivity index (χ3v) is 2.25. The van der Waals surface area contributed by atoms with E-state index in [0.29, 0.717) is 11.6 Å². The molecular weight excluding hydrogens is 194 g/mol. The van der Waals surface area contributed by atoms with Crippen molar-refractivity contribution in [1.82, 2.24) is 0 Å². The zero-order valence-electron chi connectivity index (χ0n) is 8.27. The standard InChI is InChI=1S/C11H15NOS/c1-2-10(11(12)14)13-8-9-6-4-3-5-7-9/h3-7,10H,2,8H2,1H3,(H2,12,14). The van der Waals surface area contributed by atoms with Gasteiger partial charge >= 0.3 is 0 Å². The Bertz CT molecular complexity index is 287. The lowest BCUT2D eigenvalue weighted by atomic mass is 10.2. The van der Waals surface area contributed by atoms with Crippen LogP contribution >= 0.6 is 12.2 Å². The second-order valence-corrected chi connectivity index (χ2v) is 3.57. The predicted molar refractivity (Wildman–Crippen MR) is 62.1 cm³/mol. The summed E-state index contributed by atoms with van der Waals surface area (Å²) in [6, 6.07) is 9.99. The Morgan fingerprint density at radius 2 is 2.07 bits per heavy atom. The molecule has 14 heavy (non-hydrogen) atoms. The van der Waals surface area contributed by atoms with Gasteiger partial charge in [0, 0.05) is 0 Å². The molecule has 2 N–H and O–H groups in total. The predicted octanol–water partition coefficient (Wildman–Crippen LogP) is 2.27. The van der Waals surface area contributed by atoms with Crippen LogP contribution in [-0.4, -0.2) is 11.1 Å². The van der Waals surface area contributed by atoms with Crippen LogP contribution < -0.4 is 5.73 Å². The number of hydrogen-bond acceptors (Lipinski definition) is 2. The zero-order valence-corrected chi connectivity index (χ0v) is 9.09. The number of rotatable bonds is 5. The first kappa shape index (κ1) is 11.1. The monoisotopic (exact) mass is 209 g/mol. The average molecular weight is 209 g/mol. The summed E-state index contributed by atoms with van der Waals surface area (Å²) < 4.78 is 5.57. The molecule has 0 aliphatic carbocycles. The molecule has 0 heterocycles. The van der Waals surface area contributed by atoms with Gasteiger partial charge in [-0.3, -0.25) is 0 Å². The molecule has 0 radical (unpaired) electrons. The lowest BCUT2D eigenvalue weighted by molar-refractivity contribution is 0.0829. The van der Waals surface area contributed by atoms with Crippen molar-refractivity contribution in [3.8, 4) is 0 Å². The molecule has 0 aromatic heterocycles. The smallest absolute Gasteiger partial charge is 0.107 e. The third kappa shape index (κ3) is 3.44. The van der Waals surface area contributed by atoms with Crippen LogP contribution in [-0.2, 0) is 11.3 Å². The average Bonchev–Trinajstić information content (AvgIpc) is 2.20. The SMILES string of the molecule is CCC(OCc1ccccc1)C(N)=S. The molecule has 0 aliphatic rings. The first-order valence-corrected chi connectivity index (χ1v) is 5.09. The first-order valence-electron chi connectivity index (χ1n) is 4.69. The molecule has 1 atom stereocenters. The molecule has 1 aromatic carbocycles. The molecule has 1 unspecified atom stereocenters. The van der Waals surface area contributed by atoms with Gasteiger partial charge < -0.3 is 10.5 Å². The molecule has 0 amide bonds. The largest absolute Gasteiger partial charge is 0.391 e. The van der Waals surface area contributed by atoms with Gasteiger partial charge in [-0.05, 0) is 12.0 Å². The van der Waals surface area contributed by atoms with Crippen molar-refractivity contribution in [3.63, 3.8) is 0 Å². The maximum Gasteiger partial charge on any atom is 0.107 e. The van der Waals surface area contributed by atoms with Crippen LogP contribution in [0.15, 0.2) is 30.3 Å². The van der Waals surface area contributed by atoms with Crippen molar-refractivity contribution in [1.29, 1.82) is 0 Å². The van der Waals surface area contributed by atoms with Crippen molar-refractivity contribution in [2.75, 3.05) is 0 Å². The van der Waals surface area contributed by atoms with E-state index >= 15 is 0 Å². The van der Waals surface area contributed by atoms with Gasteiger partial charge in [-0.2, -0.15) is 0 Å². The fraction of sp³-hybridized carbons (Fsp3) is 0.364. The Morgan fingerprint density at radius 3 is 2.57 bits per heavy atom. The second-order valence-electron chi connectivity index (χ2n) is 3.10. The van der Waals surface area contributed by atoms with E-state index in [1.807, 2.05) is 37.3 Å². The molecule has 76 valence electrons. The van der Waals surface area contributed by atoms with E-state index in [4.69, 9.17) is 22.7 Å². The molecule has 0 bridgehead atoms. The summed E-state index contributed by atoms with van der Waals surface area (Å²) in [4.78, 5) is 0.434. The molecule has 0 spiro atoms. The highest BCUT2D eigenvalue weighted by Gasteiger charge is 2.08. The summed E-state index contributed by atoms with van der Waals surface area (Å²) in [6.07, 6.45) is 0.715. The highest BCUT2D eigenvalue weighted by atomic mass is 32.1. The Hall–Kier alpha value is -0.930. The topological polar surface area (TPSA) is 35.2 Å². The number of thiocarbonyl (C=S) groups is 1. The number of nitrogens with two attached hydrogens (primary N) is 1. The fourth-order valence-electron chi connectivity index (χ4n) is 1.17. The number of hydrogen-bond donors (Lipinski definition) is 1. The van der Waals surface area contributed by atoms with Gasteiger partial charge in [0.2, 0.25) is 0 Å². The Morgan fingerprint density at radius 1 is 1.43 bits per heavy atom. The van der Waals surface area contributed by atoms with Gasteiger partial charge in [-0.1, -0.05) is 49.5 Å². The van der Waals surface area contributed by atoms with E-state index in [9.17, 15) is 0 Å². The maximum atomic E-state index is 5.57. The van der Waals surface area contributed by atoms with Gasteiger partial charge in [0.15, 0.2) is 0 Å². The van der Waals surface area contributed by atoms with E-state index < -0.39 is 0 Å². The quantitative estimate of drug-likeness (QED) is 0.756. The van der Waals surface area contributed by atoms with E-state index in [0.717, 1.165) is 12.0 Å². The summed E-state index contributed by atoms with van der Waals surface area (Å²) >= 11 is 4.88. The molecule has 0 fully saturated rings. The van der Waals surface area contributed by atoms with Crippen LogP contribution in [0.5, 0.6) is 0 Å². The summed E-state index contributed by atoms with van der Waals surface area (Å²) in [5, 5.41) is 0. The number of benzene rings is 1. The molecule has 0 saturated carbocycles. The first-order chi connectivity index (χ1) is 6.74. The molecule has 0 saturated heterocycles. The van der Waals surface area contributed by atoms with Gasteiger partial charge in [0.05, 0.1) is 6.61 Å². The van der Waals surface area contributed by atoms with Gasteiger partial charge in [-0.25, -0.2) is 0 Å². The second kappa shape index (κ2) is 5.73. The van der Waals surface area contributed by atoms with E-state index in [2.05, 4.69) is 0 Å². The normalized spacial score (nSPS) is 12.4. The Balaban J connectivity index is 2.44. The highest BCUT2D eigenvalue weighted by molar-refractivity contribution is 7.80. The summed E-state index contributed by atoms with van der Waals surface area (Å²) in [5.74, 6) is 0. The van der Waals surface area contributed by atoms with E-state index in [1.54, 1.807) is 0 Å². The third-order valence-electron chi connectivity index (χ3n) is 1.98. The van der Waals surface area contributed by atoms with Gasteiger partial charge in [0.25, 0.3) is 0 Å². The van der Waals surface area contributed by atoms with Crippen LogP contribution in [0.25, 0.3) is 0 Å². The minimum atomic E-state index is -0.106. The zero-order chi connectivity index (χ0) is 10.4. The Labute approximate surface area is 90.1 Å². The number of ether oxygens (including phenoxy) is 1. The van der Waals surface area contributed by atoms with Crippen LogP contribution in [0.2, 0.25) is 0 Å². The molecule has 3 heteroatoms. The van der Waals surface area contributed by atoms with Crippen LogP contribution in [0.4, 0.5) is 0 Å². The summed E-state index contributed by atoms with van der Waals surface area (Å²) in [5.41, 5.74) is 6.66. The summed E-state index contributed by atoms with van der Waals surface area (Å²) in [6.45, 7) is 2.57. The lowest BCUT2D eigenvalue weighted by Gasteiger charge is -2.14. The van der Waals surface area contributed by atoms with Crippen LogP contribution in [0, 0.1) is 0 Å². The van der Waals surface area contributed by atoms with Crippen molar-refractivity contribution < 1.29 is 4.74 Å². The maximum absolute atomic E-state index is 5.57. The van der Waals surface area contributed by atoms with Crippen molar-refractivity contribution in [3.05, 3.63) is 35.9 Å². The Kier molecular flexibility index (Phi) is 4.56. The van der Waals surface area contributed by atoms with E-state index in [-0.39, 0.29) is 6.10 Å². The van der Waals surface area contributed by atoms with Gasteiger partial charge in [0.1, 0.15) is 11.1 Å². The fourth-order valence-corrected chi connectivity index (χ4v) is 1.41. The summed E-state index contributed by atoms with van der Waals surface area (Å²) in [7, 11) is 0. The minimum Gasteiger partial charge on any atom is -0.391 e. The van der Waals surface area contributed by atoms with Crippen molar-refractivity contribution >= 4 is 17.2 Å². The molecule has 0 aliphatic heterocycles. The lowest BCUT2D eigenvalue weighted by Crippen LogP contribution is -2.28.